The molecule has 0 saturated heterocycles. The minimum absolute atomic E-state index is 0.229. The highest BCUT2D eigenvalue weighted by Crippen LogP contribution is 2.26. The molecule has 2 amide bonds. The third-order valence-electron chi connectivity index (χ3n) is 2.85. The maximum Gasteiger partial charge on any atom is 0.287 e. The second-order valence-electron chi connectivity index (χ2n) is 4.50. The largest absolute Gasteiger partial charge is 0.459 e. The lowest BCUT2D eigenvalue weighted by Crippen LogP contribution is -2.33. The molecule has 0 atom stereocenters. The van der Waals surface area contributed by atoms with Crippen LogP contribution in [0.3, 0.4) is 0 Å². The summed E-state index contributed by atoms with van der Waals surface area (Å²) in [6.07, 6.45) is 4.35. The maximum atomic E-state index is 11.7. The van der Waals surface area contributed by atoms with Crippen molar-refractivity contribution in [2.24, 2.45) is 0 Å². The van der Waals surface area contributed by atoms with Gasteiger partial charge in [-0.2, -0.15) is 0 Å². The van der Waals surface area contributed by atoms with E-state index in [0.29, 0.717) is 22.2 Å². The van der Waals surface area contributed by atoms with E-state index in [2.05, 4.69) is 10.6 Å². The molecule has 0 aliphatic carbocycles. The van der Waals surface area contributed by atoms with E-state index in [0.717, 1.165) is 0 Å². The van der Waals surface area contributed by atoms with Crippen LogP contribution in [0.5, 0.6) is 0 Å². The lowest BCUT2D eigenvalue weighted by Gasteiger charge is -2.04. The van der Waals surface area contributed by atoms with Gasteiger partial charge in [-0.05, 0) is 29.8 Å². The Hall–Kier alpha value is -2.24. The molecule has 5 nitrogen and oxygen atoms in total. The normalized spacial score (nSPS) is 10.7. The minimum Gasteiger partial charge on any atom is -0.459 e. The maximum absolute atomic E-state index is 11.7. The van der Waals surface area contributed by atoms with E-state index in [-0.39, 0.29) is 24.1 Å². The van der Waals surface area contributed by atoms with Gasteiger partial charge in [-0.25, -0.2) is 0 Å². The molecule has 0 spiro atoms. The zero-order valence-electron chi connectivity index (χ0n) is 12.0. The second kappa shape index (κ2) is 8.41. The molecule has 0 fully saturated rings. The van der Waals surface area contributed by atoms with Gasteiger partial charge in [-0.3, -0.25) is 9.59 Å². The monoisotopic (exact) mass is 352 g/mol. The topological polar surface area (TPSA) is 71.3 Å². The van der Waals surface area contributed by atoms with Crippen LogP contribution >= 0.6 is 23.2 Å². The number of carbonyl (C=O) groups excluding carboxylic acids is 2. The molecule has 2 aromatic rings. The van der Waals surface area contributed by atoms with Crippen molar-refractivity contribution in [2.75, 3.05) is 13.1 Å². The molecule has 0 aliphatic rings. The highest BCUT2D eigenvalue weighted by atomic mass is 35.5. The number of hydrogen-bond acceptors (Lipinski definition) is 3. The molecule has 1 aromatic carbocycles. The predicted octanol–water partition coefficient (Wildman–Crippen LogP) is 3.15. The summed E-state index contributed by atoms with van der Waals surface area (Å²) in [5, 5.41) is 6.08. The van der Waals surface area contributed by atoms with Gasteiger partial charge < -0.3 is 15.1 Å². The summed E-state index contributed by atoms with van der Waals surface area (Å²) in [6.45, 7) is 0.579. The van der Waals surface area contributed by atoms with Gasteiger partial charge in [0.15, 0.2) is 5.76 Å². The molecule has 2 N–H and O–H groups in total. The van der Waals surface area contributed by atoms with Crippen LogP contribution in [0.15, 0.2) is 47.1 Å². The zero-order chi connectivity index (χ0) is 16.7. The lowest BCUT2D eigenvalue weighted by atomic mass is 10.2. The van der Waals surface area contributed by atoms with Crippen LogP contribution in [0, 0.1) is 0 Å². The number of nitrogens with one attached hydrogen (secondary N) is 2. The number of carbonyl (C=O) groups is 2. The van der Waals surface area contributed by atoms with E-state index in [1.165, 1.54) is 12.3 Å². The van der Waals surface area contributed by atoms with Gasteiger partial charge in [0.25, 0.3) is 5.91 Å². The molecule has 120 valence electrons. The predicted molar refractivity (Wildman–Crippen MR) is 89.5 cm³/mol. The van der Waals surface area contributed by atoms with Crippen LogP contribution in [0.1, 0.15) is 16.1 Å². The fourth-order valence-electron chi connectivity index (χ4n) is 1.73. The Morgan fingerprint density at radius 3 is 2.61 bits per heavy atom. The van der Waals surface area contributed by atoms with E-state index in [1.54, 1.807) is 36.4 Å². The number of rotatable bonds is 6. The van der Waals surface area contributed by atoms with Crippen LogP contribution in [-0.4, -0.2) is 24.9 Å². The molecule has 0 radical (unpaired) electrons. The lowest BCUT2D eigenvalue weighted by molar-refractivity contribution is -0.116. The average Bonchev–Trinajstić information content (AvgIpc) is 3.07. The Kier molecular flexibility index (Phi) is 6.26. The molecule has 0 bridgehead atoms. The number of benzene rings is 1. The summed E-state index contributed by atoms with van der Waals surface area (Å²) in [5.41, 5.74) is 0.653. The molecule has 0 aliphatic heterocycles. The van der Waals surface area contributed by atoms with Gasteiger partial charge in [-0.1, -0.05) is 35.3 Å². The molecular weight excluding hydrogens is 339 g/mol. The number of furan rings is 1. The number of hydrogen-bond donors (Lipinski definition) is 2. The van der Waals surface area contributed by atoms with Gasteiger partial charge >= 0.3 is 0 Å². The number of amides is 2. The van der Waals surface area contributed by atoms with Crippen molar-refractivity contribution in [2.45, 2.75) is 0 Å². The van der Waals surface area contributed by atoms with Crippen molar-refractivity contribution < 1.29 is 14.0 Å². The molecular formula is C16H14Cl2N2O3. The molecule has 7 heteroatoms. The van der Waals surface area contributed by atoms with Crippen molar-refractivity contribution in [1.29, 1.82) is 0 Å². The van der Waals surface area contributed by atoms with E-state index < -0.39 is 0 Å². The molecule has 23 heavy (non-hydrogen) atoms. The van der Waals surface area contributed by atoms with Gasteiger partial charge in [-0.15, -0.1) is 0 Å². The Morgan fingerprint density at radius 1 is 1.09 bits per heavy atom. The van der Waals surface area contributed by atoms with Crippen molar-refractivity contribution in [3.05, 3.63) is 64.0 Å². The van der Waals surface area contributed by atoms with Crippen molar-refractivity contribution in [3.8, 4) is 0 Å². The summed E-state index contributed by atoms with van der Waals surface area (Å²) < 4.78 is 4.95. The summed E-state index contributed by atoms with van der Waals surface area (Å²) in [7, 11) is 0. The molecule has 0 unspecified atom stereocenters. The second-order valence-corrected chi connectivity index (χ2v) is 5.29. The number of halogens is 2. The highest BCUT2D eigenvalue weighted by molar-refractivity contribution is 6.42. The highest BCUT2D eigenvalue weighted by Gasteiger charge is 2.07. The molecule has 1 heterocycles. The Morgan fingerprint density at radius 2 is 1.87 bits per heavy atom. The summed E-state index contributed by atoms with van der Waals surface area (Å²) in [4.78, 5) is 23.3. The van der Waals surface area contributed by atoms with Crippen molar-refractivity contribution in [1.82, 2.24) is 10.6 Å². The van der Waals surface area contributed by atoms with Crippen LogP contribution in [0.25, 0.3) is 6.08 Å². The first-order chi connectivity index (χ1) is 11.1. The quantitative estimate of drug-likeness (QED) is 0.619. The van der Waals surface area contributed by atoms with Crippen molar-refractivity contribution in [3.63, 3.8) is 0 Å². The summed E-state index contributed by atoms with van der Waals surface area (Å²) in [6, 6.07) is 8.36. The summed E-state index contributed by atoms with van der Waals surface area (Å²) in [5.74, 6) is -0.398. The van der Waals surface area contributed by atoms with Crippen LogP contribution in [-0.2, 0) is 4.79 Å². The molecule has 2 rings (SSSR count). The molecule has 1 aromatic heterocycles. The first-order valence-corrected chi connectivity index (χ1v) is 7.55. The van der Waals surface area contributed by atoms with Crippen molar-refractivity contribution >= 4 is 41.1 Å². The van der Waals surface area contributed by atoms with Gasteiger partial charge in [0.2, 0.25) is 5.91 Å². The van der Waals surface area contributed by atoms with E-state index in [9.17, 15) is 9.59 Å². The first kappa shape index (κ1) is 17.1. The van der Waals surface area contributed by atoms with E-state index >= 15 is 0 Å². The smallest absolute Gasteiger partial charge is 0.287 e. The third-order valence-corrected chi connectivity index (χ3v) is 3.68. The SMILES string of the molecule is O=C(/C=C/c1cccc(Cl)c1Cl)NCCNC(=O)c1ccco1. The Labute approximate surface area is 143 Å². The van der Waals surface area contributed by atoms with Gasteiger partial charge in [0.05, 0.1) is 16.3 Å². The molecule has 0 saturated carbocycles. The average molecular weight is 353 g/mol. The fraction of sp³-hybridized carbons (Fsp3) is 0.125. The summed E-state index contributed by atoms with van der Waals surface area (Å²) >= 11 is 11.9. The first-order valence-electron chi connectivity index (χ1n) is 6.79. The van der Waals surface area contributed by atoms with E-state index in [1.807, 2.05) is 0 Å². The Bertz CT molecular complexity index is 712. The zero-order valence-corrected chi connectivity index (χ0v) is 13.5. The van der Waals surface area contributed by atoms with E-state index in [4.69, 9.17) is 27.6 Å². The van der Waals surface area contributed by atoms with Gasteiger partial charge in [0, 0.05) is 19.2 Å². The van der Waals surface area contributed by atoms with Crippen LogP contribution < -0.4 is 10.6 Å². The minimum atomic E-state index is -0.328. The standard InChI is InChI=1S/C16H14Cl2N2O3/c17-12-4-1-3-11(15(12)18)6-7-14(21)19-8-9-20-16(22)13-5-2-10-23-13/h1-7,10H,8-9H2,(H,19,21)(H,20,22)/b7-6+. The van der Waals surface area contributed by atoms with Gasteiger partial charge in [0.1, 0.15) is 0 Å². The third kappa shape index (κ3) is 5.16. The fourth-order valence-corrected chi connectivity index (χ4v) is 2.10. The Balaban J connectivity index is 1.74. The van der Waals surface area contributed by atoms with Crippen LogP contribution in [0.2, 0.25) is 10.0 Å². The van der Waals surface area contributed by atoms with Crippen LogP contribution in [0.4, 0.5) is 0 Å².